The molecular weight excluding hydrogens is 398 g/mol. The Hall–Kier alpha value is -1.15. The minimum atomic E-state index is -3.66. The van der Waals surface area contributed by atoms with E-state index in [0.29, 0.717) is 23.7 Å². The van der Waals surface area contributed by atoms with Crippen LogP contribution in [-0.2, 0) is 14.8 Å². The van der Waals surface area contributed by atoms with Gasteiger partial charge in [0.05, 0.1) is 10.3 Å². The number of anilines is 1. The van der Waals surface area contributed by atoms with Crippen molar-refractivity contribution in [1.82, 2.24) is 10.0 Å². The smallest absolute Gasteiger partial charge is 0.241 e. The topological polar surface area (TPSA) is 87.3 Å². The molecule has 8 heteroatoms. The van der Waals surface area contributed by atoms with Crippen molar-refractivity contribution in [3.05, 3.63) is 23.8 Å². The van der Waals surface area contributed by atoms with Gasteiger partial charge < -0.3 is 10.6 Å². The minimum absolute atomic E-state index is 0. The lowest BCUT2D eigenvalue weighted by atomic mass is 9.67. The lowest BCUT2D eigenvalue weighted by molar-refractivity contribution is -0.128. The number of hydrogen-bond donors (Lipinski definition) is 3. The summed E-state index contributed by atoms with van der Waals surface area (Å²) < 4.78 is 28.2. The highest BCUT2D eigenvalue weighted by Gasteiger charge is 2.49. The zero-order chi connectivity index (χ0) is 19.9. The zero-order valence-electron chi connectivity index (χ0n) is 17.1. The Morgan fingerprint density at radius 2 is 1.96 bits per heavy atom. The number of aryl methyl sites for hydroxylation is 1. The molecule has 1 heterocycles. The first-order valence-electron chi connectivity index (χ1n) is 9.70. The number of amides is 1. The molecule has 0 aromatic heterocycles. The number of carbonyl (C=O) groups is 1. The van der Waals surface area contributed by atoms with Crippen LogP contribution >= 0.6 is 12.4 Å². The van der Waals surface area contributed by atoms with Crippen LogP contribution in [-0.4, -0.2) is 33.0 Å². The predicted molar refractivity (Wildman–Crippen MR) is 114 cm³/mol. The molecule has 2 atom stereocenters. The van der Waals surface area contributed by atoms with Gasteiger partial charge in [0.25, 0.3) is 0 Å². The molecule has 1 aliphatic carbocycles. The fourth-order valence-corrected chi connectivity index (χ4v) is 6.06. The molecule has 3 rings (SSSR count). The average molecular weight is 430 g/mol. The Labute approximate surface area is 174 Å². The summed E-state index contributed by atoms with van der Waals surface area (Å²) in [6, 6.07) is 5.09. The molecule has 0 bridgehead atoms. The van der Waals surface area contributed by atoms with Crippen molar-refractivity contribution >= 4 is 34.0 Å². The van der Waals surface area contributed by atoms with Crippen molar-refractivity contribution in [1.29, 1.82) is 0 Å². The summed E-state index contributed by atoms with van der Waals surface area (Å²) in [4.78, 5) is 13.3. The van der Waals surface area contributed by atoms with E-state index < -0.39 is 15.6 Å². The highest BCUT2D eigenvalue weighted by atomic mass is 35.5. The normalized spacial score (nSPS) is 24.9. The summed E-state index contributed by atoms with van der Waals surface area (Å²) in [7, 11) is -3.66. The number of carbonyl (C=O) groups excluding carboxylic acids is 1. The van der Waals surface area contributed by atoms with E-state index >= 15 is 0 Å². The lowest BCUT2D eigenvalue weighted by Crippen LogP contribution is -2.44. The highest BCUT2D eigenvalue weighted by molar-refractivity contribution is 7.89. The predicted octanol–water partition coefficient (Wildman–Crippen LogP) is 3.21. The van der Waals surface area contributed by atoms with E-state index in [9.17, 15) is 13.2 Å². The van der Waals surface area contributed by atoms with Gasteiger partial charge in [-0.2, -0.15) is 0 Å². The van der Waals surface area contributed by atoms with E-state index in [-0.39, 0.29) is 28.6 Å². The van der Waals surface area contributed by atoms with Crippen LogP contribution in [0, 0.1) is 18.3 Å². The van der Waals surface area contributed by atoms with Gasteiger partial charge in [0.2, 0.25) is 15.9 Å². The number of hydrogen-bond acceptors (Lipinski definition) is 4. The third-order valence-corrected chi connectivity index (χ3v) is 7.57. The third kappa shape index (κ3) is 4.70. The number of halogens is 1. The van der Waals surface area contributed by atoms with E-state index in [1.807, 2.05) is 0 Å². The fraction of sp³-hybridized carbons (Fsp3) is 0.650. The van der Waals surface area contributed by atoms with Crippen LogP contribution in [0.1, 0.15) is 52.0 Å². The molecule has 1 amide bonds. The number of fused-ring (bicyclic) bond motifs is 1. The van der Waals surface area contributed by atoms with Crippen molar-refractivity contribution in [3.63, 3.8) is 0 Å². The van der Waals surface area contributed by atoms with Gasteiger partial charge in [-0.1, -0.05) is 18.9 Å². The summed E-state index contributed by atoms with van der Waals surface area (Å²) in [5, 5.41) is 6.38. The molecule has 2 fully saturated rings. The van der Waals surface area contributed by atoms with Crippen molar-refractivity contribution in [3.8, 4) is 0 Å². The summed E-state index contributed by atoms with van der Waals surface area (Å²) in [6.07, 6.45) is 4.20. The number of nitrogens with one attached hydrogen (secondary N) is 3. The molecule has 1 aromatic rings. The van der Waals surface area contributed by atoms with Crippen LogP contribution in [0.5, 0.6) is 0 Å². The molecule has 28 heavy (non-hydrogen) atoms. The van der Waals surface area contributed by atoms with Gasteiger partial charge in [-0.25, -0.2) is 13.1 Å². The largest absolute Gasteiger partial charge is 0.326 e. The average Bonchev–Trinajstić information content (AvgIpc) is 2.99. The number of rotatable bonds is 4. The quantitative estimate of drug-likeness (QED) is 0.685. The molecule has 1 aromatic carbocycles. The van der Waals surface area contributed by atoms with Crippen LogP contribution in [0.4, 0.5) is 5.69 Å². The molecular formula is C20H32ClN3O3S. The van der Waals surface area contributed by atoms with Crippen molar-refractivity contribution in [2.75, 3.05) is 18.4 Å². The van der Waals surface area contributed by atoms with Crippen LogP contribution < -0.4 is 15.4 Å². The summed E-state index contributed by atoms with van der Waals surface area (Å²) >= 11 is 0. The Balaban J connectivity index is 0.00000280. The molecule has 0 unspecified atom stereocenters. The first-order chi connectivity index (χ1) is 12.5. The molecule has 3 N–H and O–H groups in total. The Morgan fingerprint density at radius 3 is 2.64 bits per heavy atom. The van der Waals surface area contributed by atoms with Crippen molar-refractivity contribution in [2.24, 2.45) is 11.3 Å². The van der Waals surface area contributed by atoms with Crippen molar-refractivity contribution in [2.45, 2.75) is 63.8 Å². The van der Waals surface area contributed by atoms with Crippen LogP contribution in [0.25, 0.3) is 0 Å². The van der Waals surface area contributed by atoms with E-state index in [1.54, 1.807) is 45.9 Å². The first-order valence-corrected chi connectivity index (χ1v) is 11.2. The van der Waals surface area contributed by atoms with E-state index in [0.717, 1.165) is 25.8 Å². The van der Waals surface area contributed by atoms with E-state index in [4.69, 9.17) is 0 Å². The second-order valence-corrected chi connectivity index (χ2v) is 10.7. The summed E-state index contributed by atoms with van der Waals surface area (Å²) in [6.45, 7) is 8.77. The van der Waals surface area contributed by atoms with Gasteiger partial charge in [0.1, 0.15) is 0 Å². The molecule has 6 nitrogen and oxygen atoms in total. The van der Waals surface area contributed by atoms with Crippen molar-refractivity contribution < 1.29 is 13.2 Å². The van der Waals surface area contributed by atoms with Gasteiger partial charge >= 0.3 is 0 Å². The van der Waals surface area contributed by atoms with Gasteiger partial charge in [-0.05, 0) is 70.7 Å². The van der Waals surface area contributed by atoms with E-state index in [1.165, 1.54) is 6.42 Å². The SMILES string of the molecule is Cc1ccc(NC(=O)[C@@]23CCCC[C@H]2CNC3)cc1S(=O)(=O)NC(C)(C)C.Cl. The Bertz CT molecular complexity index is 836. The fourth-order valence-electron chi connectivity index (χ4n) is 4.37. The van der Waals surface area contributed by atoms with E-state index in [2.05, 4.69) is 15.4 Å². The lowest BCUT2D eigenvalue weighted by Gasteiger charge is -2.37. The first kappa shape index (κ1) is 23.1. The Kier molecular flexibility index (Phi) is 6.86. The van der Waals surface area contributed by atoms with Gasteiger partial charge in [-0.3, -0.25) is 4.79 Å². The van der Waals surface area contributed by atoms with Crippen LogP contribution in [0.3, 0.4) is 0 Å². The maximum atomic E-state index is 13.1. The molecule has 1 aliphatic heterocycles. The summed E-state index contributed by atoms with van der Waals surface area (Å²) in [5.41, 5.74) is 0.242. The molecule has 158 valence electrons. The number of sulfonamides is 1. The standard InChI is InChI=1S/C20H31N3O3S.ClH/c1-14-8-9-16(11-17(14)27(25,26)23-19(2,3)4)22-18(24)20-10-6-5-7-15(20)12-21-13-20;/h8-9,11,15,21,23H,5-7,10,12-13H2,1-4H3,(H,22,24);1H/t15-,20+;/m0./s1. The highest BCUT2D eigenvalue weighted by Crippen LogP contribution is 2.44. The van der Waals surface area contributed by atoms with Gasteiger partial charge in [0.15, 0.2) is 0 Å². The Morgan fingerprint density at radius 1 is 1.25 bits per heavy atom. The monoisotopic (exact) mass is 429 g/mol. The summed E-state index contributed by atoms with van der Waals surface area (Å²) in [5.74, 6) is 0.371. The van der Waals surface area contributed by atoms with Gasteiger partial charge in [-0.15, -0.1) is 12.4 Å². The molecule has 1 saturated heterocycles. The molecule has 1 saturated carbocycles. The molecule has 0 radical (unpaired) electrons. The maximum Gasteiger partial charge on any atom is 0.241 e. The third-order valence-electron chi connectivity index (χ3n) is 5.67. The second kappa shape index (κ2) is 8.30. The molecule has 0 spiro atoms. The molecule has 2 aliphatic rings. The van der Waals surface area contributed by atoms with Crippen LogP contribution in [0.15, 0.2) is 23.1 Å². The van der Waals surface area contributed by atoms with Crippen LogP contribution in [0.2, 0.25) is 0 Å². The minimum Gasteiger partial charge on any atom is -0.326 e. The maximum absolute atomic E-state index is 13.1. The number of benzene rings is 1. The van der Waals surface area contributed by atoms with Gasteiger partial charge in [0, 0.05) is 17.8 Å². The zero-order valence-corrected chi connectivity index (χ0v) is 18.7. The second-order valence-electron chi connectivity index (χ2n) is 9.02.